The molecule has 0 bridgehead atoms. The van der Waals surface area contributed by atoms with Gasteiger partial charge in [0.1, 0.15) is 6.17 Å². The summed E-state index contributed by atoms with van der Waals surface area (Å²) in [6.07, 6.45) is -3.59. The number of anilines is 2. The van der Waals surface area contributed by atoms with E-state index in [9.17, 15) is 18.3 Å². The minimum absolute atomic E-state index is 0.0518. The second-order valence-corrected chi connectivity index (χ2v) is 9.93. The molecule has 3 unspecified atom stereocenters. The van der Waals surface area contributed by atoms with Crippen LogP contribution in [0.5, 0.6) is 0 Å². The summed E-state index contributed by atoms with van der Waals surface area (Å²) in [4.78, 5) is 10.4. The summed E-state index contributed by atoms with van der Waals surface area (Å²) in [5, 5.41) is 17.5. The quantitative estimate of drug-likeness (QED) is 0.494. The first-order valence-corrected chi connectivity index (χ1v) is 11.8. The average Bonchev–Trinajstić information content (AvgIpc) is 3.35. The number of aliphatic hydroxyl groups is 1. The van der Waals surface area contributed by atoms with Gasteiger partial charge < -0.3 is 15.2 Å². The van der Waals surface area contributed by atoms with E-state index < -0.39 is 35.6 Å². The molecule has 0 saturated carbocycles. The predicted molar refractivity (Wildman–Crippen MR) is 125 cm³/mol. The number of hydrogen-bond acceptors (Lipinski definition) is 7. The summed E-state index contributed by atoms with van der Waals surface area (Å²) >= 11 is 6.51. The number of aliphatic hydroxyl groups excluding tert-OH is 1. The number of rotatable bonds is 4. The van der Waals surface area contributed by atoms with Crippen LogP contribution in [0.25, 0.3) is 10.9 Å². The lowest BCUT2D eigenvalue weighted by molar-refractivity contribution is -0.143. The number of likely N-dealkylation sites (tertiary alicyclic amines) is 1. The third-order valence-electron chi connectivity index (χ3n) is 7.20. The van der Waals surface area contributed by atoms with Crippen molar-refractivity contribution in [3.8, 4) is 0 Å². The molecule has 194 valence electrons. The summed E-state index contributed by atoms with van der Waals surface area (Å²) in [5.74, 6) is -0.549. The van der Waals surface area contributed by atoms with Gasteiger partial charge in [-0.2, -0.15) is 18.3 Å². The molecule has 2 aromatic heterocycles. The van der Waals surface area contributed by atoms with Gasteiger partial charge in [0, 0.05) is 36.1 Å². The maximum atomic E-state index is 15.5. The molecular formula is C23H25ClF4N6O2. The van der Waals surface area contributed by atoms with Crippen molar-refractivity contribution in [2.75, 3.05) is 31.6 Å². The zero-order chi connectivity index (χ0) is 25.8. The predicted octanol–water partition coefficient (Wildman–Crippen LogP) is 4.06. The van der Waals surface area contributed by atoms with Gasteiger partial charge in [-0.3, -0.25) is 9.58 Å². The van der Waals surface area contributed by atoms with Gasteiger partial charge in [0.05, 0.1) is 42.3 Å². The smallest absolute Gasteiger partial charge is 0.389 e. The zero-order valence-electron chi connectivity index (χ0n) is 19.6. The largest absolute Gasteiger partial charge is 0.435 e. The fraction of sp³-hybridized carbons (Fsp3) is 0.522. The molecule has 13 heteroatoms. The molecule has 0 aliphatic carbocycles. The number of nitrogens with one attached hydrogen (secondary N) is 1. The van der Waals surface area contributed by atoms with Crippen LogP contribution in [0.15, 0.2) is 24.5 Å². The Balaban J connectivity index is 1.40. The van der Waals surface area contributed by atoms with Crippen LogP contribution in [0.4, 0.5) is 29.2 Å². The summed E-state index contributed by atoms with van der Waals surface area (Å²) in [7, 11) is 1.20. The molecule has 2 saturated heterocycles. The number of halogens is 5. The summed E-state index contributed by atoms with van der Waals surface area (Å²) in [5.41, 5.74) is -0.877. The lowest BCUT2D eigenvalue weighted by Gasteiger charge is -2.45. The maximum Gasteiger partial charge on any atom is 0.435 e. The van der Waals surface area contributed by atoms with Crippen molar-refractivity contribution in [3.05, 3.63) is 40.8 Å². The topological polar surface area (TPSA) is 88.3 Å². The van der Waals surface area contributed by atoms with E-state index >= 15 is 4.39 Å². The fourth-order valence-electron chi connectivity index (χ4n) is 5.07. The Morgan fingerprint density at radius 2 is 2.06 bits per heavy atom. The first-order chi connectivity index (χ1) is 17.0. The van der Waals surface area contributed by atoms with Crippen LogP contribution in [0, 0.1) is 0 Å². The third-order valence-corrected chi connectivity index (χ3v) is 7.53. The number of alkyl halides is 4. The molecule has 36 heavy (non-hydrogen) atoms. The number of fused-ring (bicyclic) bond motifs is 1. The van der Waals surface area contributed by atoms with E-state index in [0.717, 1.165) is 10.9 Å². The highest BCUT2D eigenvalue weighted by Crippen LogP contribution is 2.40. The van der Waals surface area contributed by atoms with Crippen LogP contribution in [0.2, 0.25) is 5.02 Å². The second-order valence-electron chi connectivity index (χ2n) is 9.52. The maximum absolute atomic E-state index is 15.5. The molecule has 3 aromatic rings. The normalized spacial score (nSPS) is 27.6. The van der Waals surface area contributed by atoms with Gasteiger partial charge in [-0.05, 0) is 37.6 Å². The lowest BCUT2D eigenvalue weighted by atomic mass is 9.84. The van der Waals surface area contributed by atoms with Crippen LogP contribution in [0.3, 0.4) is 0 Å². The van der Waals surface area contributed by atoms with Crippen molar-refractivity contribution in [1.82, 2.24) is 24.6 Å². The summed E-state index contributed by atoms with van der Waals surface area (Å²) < 4.78 is 61.8. The molecule has 0 spiro atoms. The third kappa shape index (κ3) is 4.40. The lowest BCUT2D eigenvalue weighted by Crippen LogP contribution is -2.58. The average molecular weight is 529 g/mol. The van der Waals surface area contributed by atoms with E-state index in [2.05, 4.69) is 20.4 Å². The summed E-state index contributed by atoms with van der Waals surface area (Å²) in [6, 6.07) is 3.30. The van der Waals surface area contributed by atoms with Gasteiger partial charge in [0.2, 0.25) is 5.95 Å². The van der Waals surface area contributed by atoms with Crippen LogP contribution < -0.4 is 5.32 Å². The van der Waals surface area contributed by atoms with E-state index in [0.29, 0.717) is 41.1 Å². The van der Waals surface area contributed by atoms with Gasteiger partial charge in [-0.1, -0.05) is 11.6 Å². The number of aromatic nitrogens is 4. The van der Waals surface area contributed by atoms with Gasteiger partial charge >= 0.3 is 6.18 Å². The van der Waals surface area contributed by atoms with Gasteiger partial charge in [-0.25, -0.2) is 14.4 Å². The highest BCUT2D eigenvalue weighted by Gasteiger charge is 2.47. The number of hydrogen-bond donors (Lipinski definition) is 2. The van der Waals surface area contributed by atoms with Gasteiger partial charge in [-0.15, -0.1) is 0 Å². The van der Waals surface area contributed by atoms with Gasteiger partial charge in [0.15, 0.2) is 5.69 Å². The molecule has 2 fully saturated rings. The van der Waals surface area contributed by atoms with Crippen molar-refractivity contribution in [2.45, 2.75) is 43.3 Å². The van der Waals surface area contributed by atoms with E-state index in [1.807, 2.05) is 11.8 Å². The van der Waals surface area contributed by atoms with Crippen LogP contribution in [-0.2, 0) is 18.0 Å². The monoisotopic (exact) mass is 528 g/mol. The Labute approximate surface area is 209 Å². The zero-order valence-corrected chi connectivity index (χ0v) is 20.3. The van der Waals surface area contributed by atoms with Crippen molar-refractivity contribution in [3.63, 3.8) is 0 Å². The molecule has 4 atom stereocenters. The summed E-state index contributed by atoms with van der Waals surface area (Å²) in [6.45, 7) is 3.10. The number of aryl methyl sites for hydroxylation is 1. The molecule has 0 radical (unpaired) electrons. The minimum Gasteiger partial charge on any atom is -0.389 e. The van der Waals surface area contributed by atoms with E-state index in [-0.39, 0.29) is 24.8 Å². The Morgan fingerprint density at radius 3 is 2.72 bits per heavy atom. The van der Waals surface area contributed by atoms with Gasteiger partial charge in [0.25, 0.3) is 0 Å². The first-order valence-electron chi connectivity index (χ1n) is 11.4. The number of nitrogens with zero attached hydrogens (tertiary/aromatic N) is 5. The molecule has 4 heterocycles. The van der Waals surface area contributed by atoms with E-state index in [1.165, 1.54) is 13.2 Å². The number of piperidine rings is 1. The standard InChI is InChI=1S/C23H25ClF4N6O2/c1-22(11-36-10-19(22)35)34-4-3-13(16(25)9-34)14-6-17-12(5-15(14)24)7-29-21(31-17)32-18-8-30-33(2)20(18)23(26,27)28/h5-8,13,16,19,35H,3-4,9-11H2,1-2H3,(H,29,31,32)/t13?,16?,19-,22?/m1/s1. The molecule has 2 aliphatic heterocycles. The van der Waals surface area contributed by atoms with E-state index in [1.54, 1.807) is 12.1 Å². The van der Waals surface area contributed by atoms with Crippen molar-refractivity contribution < 1.29 is 27.4 Å². The SMILES string of the molecule is Cn1ncc(Nc2ncc3cc(Cl)c(C4CCN(C5(C)COC[C@H]5O)CC4F)cc3n2)c1C(F)(F)F. The molecular weight excluding hydrogens is 504 g/mol. The Hall–Kier alpha value is -2.54. The van der Waals surface area contributed by atoms with E-state index in [4.69, 9.17) is 16.3 Å². The van der Waals surface area contributed by atoms with Crippen molar-refractivity contribution >= 4 is 34.1 Å². The Bertz CT molecular complexity index is 1290. The van der Waals surface area contributed by atoms with Crippen LogP contribution >= 0.6 is 11.6 Å². The second kappa shape index (κ2) is 9.09. The molecule has 0 amide bonds. The van der Waals surface area contributed by atoms with Crippen molar-refractivity contribution in [2.24, 2.45) is 7.05 Å². The van der Waals surface area contributed by atoms with Crippen LogP contribution in [-0.4, -0.2) is 73.9 Å². The molecule has 2 N–H and O–H groups in total. The fourth-order valence-corrected chi connectivity index (χ4v) is 5.38. The molecule has 5 rings (SSSR count). The first kappa shape index (κ1) is 25.1. The minimum atomic E-state index is -4.62. The van der Waals surface area contributed by atoms with Crippen molar-refractivity contribution in [1.29, 1.82) is 0 Å². The highest BCUT2D eigenvalue weighted by atomic mass is 35.5. The Morgan fingerprint density at radius 1 is 1.28 bits per heavy atom. The molecule has 8 nitrogen and oxygen atoms in total. The van der Waals surface area contributed by atoms with Crippen LogP contribution in [0.1, 0.15) is 30.5 Å². The number of benzene rings is 1. The Kier molecular flexibility index (Phi) is 6.34. The highest BCUT2D eigenvalue weighted by molar-refractivity contribution is 6.32. The number of ether oxygens (including phenoxy) is 1. The molecule has 2 aliphatic rings. The molecule has 1 aromatic carbocycles.